The number of hydrogen-bond donors (Lipinski definition) is 0. The highest BCUT2D eigenvalue weighted by molar-refractivity contribution is 6.70. The maximum atomic E-state index is 5.48. The van der Waals surface area contributed by atoms with Crippen molar-refractivity contribution in [2.45, 2.75) is 59.6 Å². The molecule has 0 amide bonds. The molecular weight excluding hydrogens is 248 g/mol. The van der Waals surface area contributed by atoms with Crippen molar-refractivity contribution < 1.29 is 9.05 Å². The summed E-state index contributed by atoms with van der Waals surface area (Å²) in [5.41, 5.74) is 1.88. The van der Waals surface area contributed by atoms with Crippen LogP contribution in [0.15, 0.2) is 10.3 Å². The van der Waals surface area contributed by atoms with Crippen LogP contribution in [-0.4, -0.2) is 28.1 Å². The van der Waals surface area contributed by atoms with Crippen LogP contribution in [0.5, 0.6) is 0 Å². The molecule has 0 bridgehead atoms. The second-order valence-corrected chi connectivity index (χ2v) is 15.1. The van der Waals surface area contributed by atoms with Gasteiger partial charge in [-0.3, -0.25) is 0 Å². The molecule has 17 heavy (non-hydrogen) atoms. The van der Waals surface area contributed by atoms with Crippen molar-refractivity contribution in [3.8, 4) is 0 Å². The minimum Gasteiger partial charge on any atom is -0.456 e. The number of rotatable bonds is 6. The van der Waals surface area contributed by atoms with Gasteiger partial charge in [0.25, 0.3) is 16.6 Å². The lowest BCUT2D eigenvalue weighted by Gasteiger charge is -2.15. The van der Waals surface area contributed by atoms with Gasteiger partial charge in [-0.15, -0.1) is 10.3 Å². The molecule has 0 aromatic heterocycles. The van der Waals surface area contributed by atoms with Crippen molar-refractivity contribution in [3.05, 3.63) is 0 Å². The first-order valence-electron chi connectivity index (χ1n) is 5.93. The molecule has 0 atom stereocenters. The van der Waals surface area contributed by atoms with E-state index in [1.54, 1.807) is 0 Å². The van der Waals surface area contributed by atoms with Gasteiger partial charge in [0.1, 0.15) is 0 Å². The molecule has 0 heterocycles. The van der Waals surface area contributed by atoms with Crippen LogP contribution in [0.1, 0.15) is 20.3 Å². The molecule has 4 nitrogen and oxygen atoms in total. The molecule has 0 rings (SSSR count). The Kier molecular flexibility index (Phi) is 6.11. The van der Waals surface area contributed by atoms with Crippen LogP contribution in [0.3, 0.4) is 0 Å². The Balaban J connectivity index is 4.25. The van der Waals surface area contributed by atoms with E-state index in [0.29, 0.717) is 6.42 Å². The van der Waals surface area contributed by atoms with Crippen LogP contribution in [0, 0.1) is 0 Å². The average Bonchev–Trinajstić information content (AvgIpc) is 2.09. The zero-order chi connectivity index (χ0) is 13.7. The molecule has 100 valence electrons. The highest BCUT2D eigenvalue weighted by atomic mass is 28.4. The van der Waals surface area contributed by atoms with E-state index in [2.05, 4.69) is 49.6 Å². The van der Waals surface area contributed by atoms with Crippen LogP contribution < -0.4 is 0 Å². The van der Waals surface area contributed by atoms with E-state index >= 15 is 0 Å². The topological polar surface area (TPSA) is 43.2 Å². The third-order valence-electron chi connectivity index (χ3n) is 1.46. The summed E-state index contributed by atoms with van der Waals surface area (Å²) in [6, 6.07) is 0. The van der Waals surface area contributed by atoms with Gasteiger partial charge < -0.3 is 9.05 Å². The molecule has 0 aromatic carbocycles. The Morgan fingerprint density at radius 1 is 0.765 bits per heavy atom. The van der Waals surface area contributed by atoms with E-state index in [-0.39, 0.29) is 0 Å². The van der Waals surface area contributed by atoms with Crippen molar-refractivity contribution in [2.24, 2.45) is 10.3 Å². The average molecular weight is 275 g/mol. The van der Waals surface area contributed by atoms with Crippen LogP contribution in [0.25, 0.3) is 0 Å². The van der Waals surface area contributed by atoms with E-state index in [9.17, 15) is 0 Å². The zero-order valence-electron chi connectivity index (χ0n) is 12.4. The lowest BCUT2D eigenvalue weighted by atomic mass is 10.2. The SMILES string of the molecule is C/C(C/C(C)=N/O[Si](C)(C)C)=N\O[Si](C)(C)C. The summed E-state index contributed by atoms with van der Waals surface area (Å²) in [7, 11) is -3.14. The first kappa shape index (κ1) is 16.4. The highest BCUT2D eigenvalue weighted by Crippen LogP contribution is 2.06. The molecule has 0 spiro atoms. The summed E-state index contributed by atoms with van der Waals surface area (Å²) < 4.78 is 11.0. The number of nitrogens with zero attached hydrogens (tertiary/aromatic N) is 2. The Hall–Kier alpha value is -0.626. The Morgan fingerprint density at radius 2 is 1.06 bits per heavy atom. The fourth-order valence-corrected chi connectivity index (χ4v) is 1.72. The fourth-order valence-electron chi connectivity index (χ4n) is 0.864. The van der Waals surface area contributed by atoms with Gasteiger partial charge in [-0.1, -0.05) is 0 Å². The largest absolute Gasteiger partial charge is 0.456 e. The van der Waals surface area contributed by atoms with Crippen molar-refractivity contribution in [1.29, 1.82) is 0 Å². The standard InChI is InChI=1S/C11H26N2O2Si2/c1-10(12-14-16(3,4)5)9-11(2)13-15-17(6,7)8/h9H2,1-8H3/b12-10+,13-11+. The van der Waals surface area contributed by atoms with Crippen molar-refractivity contribution in [2.75, 3.05) is 0 Å². The van der Waals surface area contributed by atoms with Gasteiger partial charge in [0.2, 0.25) is 0 Å². The molecule has 0 fully saturated rings. The van der Waals surface area contributed by atoms with Crippen LogP contribution in [0.4, 0.5) is 0 Å². The minimum absolute atomic E-state index is 0.703. The summed E-state index contributed by atoms with van der Waals surface area (Å²) >= 11 is 0. The lowest BCUT2D eigenvalue weighted by Crippen LogP contribution is -2.24. The van der Waals surface area contributed by atoms with E-state index in [4.69, 9.17) is 9.05 Å². The molecule has 0 radical (unpaired) electrons. The predicted octanol–water partition coefficient (Wildman–Crippen LogP) is 3.83. The molecule has 0 aliphatic carbocycles. The minimum atomic E-state index is -1.57. The summed E-state index contributed by atoms with van der Waals surface area (Å²) in [6.45, 7) is 16.6. The summed E-state index contributed by atoms with van der Waals surface area (Å²) in [5, 5.41) is 8.27. The summed E-state index contributed by atoms with van der Waals surface area (Å²) in [4.78, 5) is 0. The van der Waals surface area contributed by atoms with E-state index in [1.807, 2.05) is 13.8 Å². The lowest BCUT2D eigenvalue weighted by molar-refractivity contribution is 0.331. The smallest absolute Gasteiger partial charge is 0.278 e. The van der Waals surface area contributed by atoms with Crippen molar-refractivity contribution >= 4 is 28.1 Å². The molecule has 0 saturated heterocycles. The first-order chi connectivity index (χ1) is 7.49. The maximum Gasteiger partial charge on any atom is 0.278 e. The van der Waals surface area contributed by atoms with E-state index in [0.717, 1.165) is 11.4 Å². The molecule has 0 aromatic rings. The normalized spacial score (nSPS) is 14.8. The second-order valence-electron chi connectivity index (χ2n) is 6.24. The first-order valence-corrected chi connectivity index (χ1v) is 12.7. The second kappa shape index (κ2) is 6.35. The Bertz CT molecular complexity index is 272. The van der Waals surface area contributed by atoms with E-state index < -0.39 is 16.6 Å². The van der Waals surface area contributed by atoms with Gasteiger partial charge in [-0.2, -0.15) is 0 Å². The molecule has 6 heteroatoms. The van der Waals surface area contributed by atoms with Gasteiger partial charge >= 0.3 is 0 Å². The molecule has 0 unspecified atom stereocenters. The monoisotopic (exact) mass is 274 g/mol. The fraction of sp³-hybridized carbons (Fsp3) is 0.818. The molecule has 0 aliphatic rings. The van der Waals surface area contributed by atoms with Gasteiger partial charge in [0.15, 0.2) is 0 Å². The van der Waals surface area contributed by atoms with Crippen LogP contribution >= 0.6 is 0 Å². The zero-order valence-corrected chi connectivity index (χ0v) is 14.4. The number of hydrogen-bond acceptors (Lipinski definition) is 4. The van der Waals surface area contributed by atoms with Gasteiger partial charge in [-0.25, -0.2) is 0 Å². The highest BCUT2D eigenvalue weighted by Gasteiger charge is 2.17. The third kappa shape index (κ3) is 11.6. The quantitative estimate of drug-likeness (QED) is 0.420. The van der Waals surface area contributed by atoms with Crippen molar-refractivity contribution in [3.63, 3.8) is 0 Å². The third-order valence-corrected chi connectivity index (χ3v) is 2.74. The predicted molar refractivity (Wildman–Crippen MR) is 79.7 cm³/mol. The van der Waals surface area contributed by atoms with Crippen molar-refractivity contribution in [1.82, 2.24) is 0 Å². The van der Waals surface area contributed by atoms with Gasteiger partial charge in [0, 0.05) is 6.42 Å². The van der Waals surface area contributed by atoms with E-state index in [1.165, 1.54) is 0 Å². The Labute approximate surface area is 107 Å². The van der Waals surface area contributed by atoms with Crippen LogP contribution in [0.2, 0.25) is 39.3 Å². The molecular formula is C11H26N2O2Si2. The summed E-state index contributed by atoms with van der Waals surface area (Å²) in [5.74, 6) is 0. The van der Waals surface area contributed by atoms with Gasteiger partial charge in [-0.05, 0) is 53.1 Å². The molecule has 0 aliphatic heterocycles. The maximum absolute atomic E-state index is 5.48. The van der Waals surface area contributed by atoms with Crippen LogP contribution in [-0.2, 0) is 9.05 Å². The Morgan fingerprint density at radius 3 is 1.29 bits per heavy atom. The van der Waals surface area contributed by atoms with Gasteiger partial charge in [0.05, 0.1) is 11.4 Å². The summed E-state index contributed by atoms with van der Waals surface area (Å²) in [6.07, 6.45) is 0.703. The number of oxime groups is 2. The molecule has 0 saturated carbocycles. The molecule has 0 N–H and O–H groups in total.